The summed E-state index contributed by atoms with van der Waals surface area (Å²) in [5.41, 5.74) is 0. The number of hydrogen-bond donors (Lipinski definition) is 9. The van der Waals surface area contributed by atoms with Crippen LogP contribution in [0, 0.1) is 0 Å². The molecule has 1 rings (SSSR count). The third-order valence-electron chi connectivity index (χ3n) is 13.9. The molecule has 1 fully saturated rings. The van der Waals surface area contributed by atoms with Crippen LogP contribution in [0.25, 0.3) is 0 Å². The van der Waals surface area contributed by atoms with E-state index in [9.17, 15) is 50.0 Å². The Balaban J connectivity index is 2.45. The first kappa shape index (κ1) is 67.5. The first-order chi connectivity index (χ1) is 34.3. The van der Waals surface area contributed by atoms with Gasteiger partial charge in [0.05, 0.1) is 31.3 Å². The Morgan fingerprint density at radius 3 is 1.24 bits per heavy atom. The minimum Gasteiger partial charge on any atom is -0.393 e. The summed E-state index contributed by atoms with van der Waals surface area (Å²) in [5.74, 6) is -0.604. The average molecular weight is 1030 g/mol. The van der Waals surface area contributed by atoms with Crippen LogP contribution < -0.4 is 5.32 Å². The average Bonchev–Trinajstić information content (AvgIpc) is 3.35. The van der Waals surface area contributed by atoms with Crippen molar-refractivity contribution in [1.29, 1.82) is 0 Å². The smallest absolute Gasteiger partial charge is 0.393 e. The lowest BCUT2D eigenvalue weighted by molar-refractivity contribution is -0.220. The molecule has 0 saturated heterocycles. The molecule has 8 unspecified atom stereocenters. The van der Waals surface area contributed by atoms with Crippen molar-refractivity contribution in [3.63, 3.8) is 0 Å². The minimum atomic E-state index is -5.16. The molecule has 1 aliphatic rings. The van der Waals surface area contributed by atoms with E-state index in [1.807, 2.05) is 0 Å². The number of phosphoric ester groups is 1. The van der Waals surface area contributed by atoms with Crippen LogP contribution in [-0.4, -0.2) is 108 Å². The van der Waals surface area contributed by atoms with Gasteiger partial charge in [0.15, 0.2) is 0 Å². The quantitative estimate of drug-likeness (QED) is 0.0158. The second-order valence-corrected chi connectivity index (χ2v) is 22.1. The zero-order chi connectivity index (χ0) is 52.2. The highest BCUT2D eigenvalue weighted by atomic mass is 31.2. The highest BCUT2D eigenvalue weighted by Gasteiger charge is 2.51. The van der Waals surface area contributed by atoms with Crippen LogP contribution in [0.4, 0.5) is 0 Å². The summed E-state index contributed by atoms with van der Waals surface area (Å²) < 4.78 is 23.0. The maximum absolute atomic E-state index is 13.1. The largest absolute Gasteiger partial charge is 0.472 e. The van der Waals surface area contributed by atoms with E-state index < -0.39 is 75.2 Å². The van der Waals surface area contributed by atoms with Gasteiger partial charge in [0.1, 0.15) is 36.6 Å². The van der Waals surface area contributed by atoms with Gasteiger partial charge in [-0.3, -0.25) is 13.8 Å². The molecule has 0 spiro atoms. The zero-order valence-electron chi connectivity index (χ0n) is 44.9. The van der Waals surface area contributed by atoms with Gasteiger partial charge >= 0.3 is 7.82 Å². The van der Waals surface area contributed by atoms with Crippen LogP contribution in [0.5, 0.6) is 0 Å². The zero-order valence-corrected chi connectivity index (χ0v) is 45.8. The summed E-state index contributed by atoms with van der Waals surface area (Å²) in [6.45, 7) is 3.78. The molecule has 0 bridgehead atoms. The number of amides is 1. The van der Waals surface area contributed by atoms with Gasteiger partial charge < -0.3 is 46.0 Å². The standard InChI is InChI=1S/C57H108NO12P/c1-3-5-7-9-11-13-15-17-19-21-23-25-27-29-31-33-35-37-39-41-43-45-50(60)49(47-69-71(67,68)70-57-55(65)53(63)52(62)54(64)56(57)66)58-51(61)46-48(59)44-42-40-38-36-34-32-30-28-26-24-22-20-18-16-14-12-10-8-6-4-2/h28,30,35,37,43,45,48-50,52-57,59-60,62-66H,3-27,29,31-34,36,38-42,44,46-47H2,1-2H3,(H,58,61)(H,67,68)/b30-28-,37-35+,45-43+. The molecule has 1 saturated carbocycles. The number of hydrogen-bond acceptors (Lipinski definition) is 11. The number of phosphoric acid groups is 1. The summed E-state index contributed by atoms with van der Waals surface area (Å²) in [4.78, 5) is 23.6. The lowest BCUT2D eigenvalue weighted by Crippen LogP contribution is -2.64. The summed E-state index contributed by atoms with van der Waals surface area (Å²) in [6.07, 6.45) is 42.3. The summed E-state index contributed by atoms with van der Waals surface area (Å²) in [7, 11) is -5.16. The van der Waals surface area contributed by atoms with Gasteiger partial charge in [-0.1, -0.05) is 230 Å². The number of nitrogens with one attached hydrogen (secondary N) is 1. The number of carbonyl (C=O) groups excluding carboxylic acids is 1. The Morgan fingerprint density at radius 2 is 0.831 bits per heavy atom. The van der Waals surface area contributed by atoms with Crippen molar-refractivity contribution in [3.05, 3.63) is 36.5 Å². The van der Waals surface area contributed by atoms with Crippen LogP contribution in [0.15, 0.2) is 36.5 Å². The molecular formula is C57H108NO12P. The third kappa shape index (κ3) is 37.0. The van der Waals surface area contributed by atoms with Gasteiger partial charge in [-0.25, -0.2) is 4.57 Å². The number of aliphatic hydroxyl groups excluding tert-OH is 7. The van der Waals surface area contributed by atoms with Gasteiger partial charge in [-0.15, -0.1) is 0 Å². The van der Waals surface area contributed by atoms with E-state index in [0.717, 1.165) is 64.2 Å². The number of rotatable bonds is 49. The van der Waals surface area contributed by atoms with Gasteiger partial charge in [-0.05, 0) is 57.8 Å². The second kappa shape index (κ2) is 45.9. The monoisotopic (exact) mass is 1030 g/mol. The SMILES string of the molecule is CCCCCCCCCCCCC/C=C\CCCCCCCC(O)CC(=O)NC(COP(=O)(O)OC1C(O)C(O)C(O)C(O)C1O)C(O)/C=C/CC/C=C/CCCCCCCCCCCCCCCCC. The fourth-order valence-corrected chi connectivity index (χ4v) is 10.2. The van der Waals surface area contributed by atoms with E-state index in [1.54, 1.807) is 6.08 Å². The predicted octanol–water partition coefficient (Wildman–Crippen LogP) is 12.0. The van der Waals surface area contributed by atoms with Crippen molar-refractivity contribution in [2.75, 3.05) is 6.61 Å². The first-order valence-corrected chi connectivity index (χ1v) is 30.5. The summed E-state index contributed by atoms with van der Waals surface area (Å²) in [6, 6.07) is -1.26. The Labute approximate surface area is 432 Å². The molecule has 418 valence electrons. The second-order valence-electron chi connectivity index (χ2n) is 20.7. The van der Waals surface area contributed by atoms with E-state index in [4.69, 9.17) is 9.05 Å². The highest BCUT2D eigenvalue weighted by molar-refractivity contribution is 7.47. The molecular weight excluding hydrogens is 922 g/mol. The summed E-state index contributed by atoms with van der Waals surface area (Å²) in [5, 5.41) is 74.9. The van der Waals surface area contributed by atoms with Crippen molar-refractivity contribution in [3.8, 4) is 0 Å². The predicted molar refractivity (Wildman–Crippen MR) is 289 cm³/mol. The molecule has 0 aliphatic heterocycles. The van der Waals surface area contributed by atoms with Crippen LogP contribution in [-0.2, 0) is 18.4 Å². The molecule has 14 heteroatoms. The van der Waals surface area contributed by atoms with Crippen LogP contribution >= 0.6 is 7.82 Å². The van der Waals surface area contributed by atoms with Crippen molar-refractivity contribution in [1.82, 2.24) is 5.32 Å². The Kier molecular flexibility index (Phi) is 43.6. The lowest BCUT2D eigenvalue weighted by Gasteiger charge is -2.41. The maximum atomic E-state index is 13.1. The van der Waals surface area contributed by atoms with E-state index in [2.05, 4.69) is 43.5 Å². The Bertz CT molecular complexity index is 1350. The van der Waals surface area contributed by atoms with Crippen molar-refractivity contribution >= 4 is 13.7 Å². The molecule has 71 heavy (non-hydrogen) atoms. The highest BCUT2D eigenvalue weighted by Crippen LogP contribution is 2.47. The van der Waals surface area contributed by atoms with E-state index in [1.165, 1.54) is 167 Å². The fourth-order valence-electron chi connectivity index (χ4n) is 9.25. The van der Waals surface area contributed by atoms with E-state index >= 15 is 0 Å². The Hall–Kier alpha value is -1.48. The Morgan fingerprint density at radius 1 is 0.493 bits per heavy atom. The van der Waals surface area contributed by atoms with Gasteiger partial charge in [0.25, 0.3) is 0 Å². The minimum absolute atomic E-state index is 0.257. The van der Waals surface area contributed by atoms with E-state index in [0.29, 0.717) is 12.8 Å². The number of allylic oxidation sites excluding steroid dienone is 5. The fraction of sp³-hybridized carbons (Fsp3) is 0.877. The van der Waals surface area contributed by atoms with Crippen molar-refractivity contribution in [2.24, 2.45) is 0 Å². The molecule has 0 heterocycles. The number of unbranched alkanes of at least 4 members (excludes halogenated alkanes) is 32. The van der Waals surface area contributed by atoms with Gasteiger partial charge in [-0.2, -0.15) is 0 Å². The van der Waals surface area contributed by atoms with Crippen LogP contribution in [0.1, 0.15) is 258 Å². The molecule has 0 aromatic rings. The molecule has 1 amide bonds. The van der Waals surface area contributed by atoms with Crippen molar-refractivity contribution < 1.29 is 59.0 Å². The lowest BCUT2D eigenvalue weighted by atomic mass is 9.85. The topological polar surface area (TPSA) is 226 Å². The van der Waals surface area contributed by atoms with Crippen LogP contribution in [0.3, 0.4) is 0 Å². The van der Waals surface area contributed by atoms with Gasteiger partial charge in [0.2, 0.25) is 5.91 Å². The molecule has 1 aliphatic carbocycles. The third-order valence-corrected chi connectivity index (χ3v) is 14.9. The van der Waals surface area contributed by atoms with Crippen molar-refractivity contribution in [2.45, 2.75) is 313 Å². The number of carbonyl (C=O) groups is 1. The van der Waals surface area contributed by atoms with Crippen LogP contribution in [0.2, 0.25) is 0 Å². The molecule has 0 aromatic carbocycles. The summed E-state index contributed by atoms with van der Waals surface area (Å²) >= 11 is 0. The maximum Gasteiger partial charge on any atom is 0.472 e. The molecule has 13 nitrogen and oxygen atoms in total. The van der Waals surface area contributed by atoms with Gasteiger partial charge in [0, 0.05) is 0 Å². The molecule has 8 atom stereocenters. The molecule has 9 N–H and O–H groups in total. The molecule has 0 aromatic heterocycles. The van der Waals surface area contributed by atoms with E-state index in [-0.39, 0.29) is 6.42 Å². The molecule has 0 radical (unpaired) electrons. The first-order valence-electron chi connectivity index (χ1n) is 29.0. The normalized spacial score (nSPS) is 21.9. The number of aliphatic hydroxyl groups is 7.